The Morgan fingerprint density at radius 1 is 1.30 bits per heavy atom. The molecule has 2 atom stereocenters. The van der Waals surface area contributed by atoms with Crippen molar-refractivity contribution < 1.29 is 13.2 Å². The zero-order chi connectivity index (χ0) is 18.7. The molecule has 0 bridgehead atoms. The second kappa shape index (κ2) is 9.59. The predicted octanol–water partition coefficient (Wildman–Crippen LogP) is 2.67. The maximum atomic E-state index is 12.7. The van der Waals surface area contributed by atoms with Crippen molar-refractivity contribution in [3.63, 3.8) is 0 Å². The highest BCUT2D eigenvalue weighted by molar-refractivity contribution is 7.91. The van der Waals surface area contributed by atoms with E-state index in [-0.39, 0.29) is 24.4 Å². The van der Waals surface area contributed by atoms with Gasteiger partial charge in [-0.3, -0.25) is 4.90 Å². The summed E-state index contributed by atoms with van der Waals surface area (Å²) in [4.78, 5) is 2.19. The van der Waals surface area contributed by atoms with Gasteiger partial charge in [0.05, 0.1) is 6.61 Å². The molecule has 1 saturated heterocycles. The third-order valence-electron chi connectivity index (χ3n) is 5.78. The van der Waals surface area contributed by atoms with E-state index in [4.69, 9.17) is 4.74 Å². The summed E-state index contributed by atoms with van der Waals surface area (Å²) >= 11 is 0. The van der Waals surface area contributed by atoms with E-state index >= 15 is 0 Å². The molecule has 27 heavy (non-hydrogen) atoms. The Bertz CT molecular complexity index is 720. The van der Waals surface area contributed by atoms with E-state index in [1.807, 2.05) is 0 Å². The zero-order valence-electron chi connectivity index (χ0n) is 16.6. The van der Waals surface area contributed by atoms with Crippen molar-refractivity contribution in [1.29, 1.82) is 0 Å². The lowest BCUT2D eigenvalue weighted by molar-refractivity contribution is 0.138. The topological polar surface area (TPSA) is 58.6 Å². The quantitative estimate of drug-likeness (QED) is 0.740. The van der Waals surface area contributed by atoms with Crippen LogP contribution in [0, 0.1) is 5.92 Å². The lowest BCUT2D eigenvalue weighted by Gasteiger charge is -2.40. The zero-order valence-corrected chi connectivity index (χ0v) is 18.2. The van der Waals surface area contributed by atoms with Crippen molar-refractivity contribution in [2.45, 2.75) is 50.9 Å². The SMILES string of the molecule is CCN(C(C)Cc1ccc2c(c1)OCC2)C(C1CCNCC1)S(C)(=O)=O.Cl. The van der Waals surface area contributed by atoms with Crippen LogP contribution < -0.4 is 10.1 Å². The van der Waals surface area contributed by atoms with Gasteiger partial charge in [0.2, 0.25) is 0 Å². The molecule has 5 nitrogen and oxygen atoms in total. The maximum Gasteiger partial charge on any atom is 0.163 e. The Morgan fingerprint density at radius 3 is 2.63 bits per heavy atom. The van der Waals surface area contributed by atoms with E-state index < -0.39 is 15.2 Å². The minimum absolute atomic E-state index is 0. The van der Waals surface area contributed by atoms with Crippen molar-refractivity contribution in [3.05, 3.63) is 29.3 Å². The molecule has 2 aliphatic rings. The number of halogens is 1. The van der Waals surface area contributed by atoms with Gasteiger partial charge in [0.15, 0.2) is 9.84 Å². The summed E-state index contributed by atoms with van der Waals surface area (Å²) in [6.07, 6.45) is 5.07. The third-order valence-corrected chi connectivity index (χ3v) is 7.31. The average Bonchev–Trinajstić information content (AvgIpc) is 3.06. The monoisotopic (exact) mass is 416 g/mol. The normalized spacial score (nSPS) is 19.9. The molecule has 7 heteroatoms. The van der Waals surface area contributed by atoms with Gasteiger partial charge in [-0.25, -0.2) is 8.42 Å². The molecule has 2 unspecified atom stereocenters. The second-order valence-electron chi connectivity index (χ2n) is 7.73. The summed E-state index contributed by atoms with van der Waals surface area (Å²) in [5.74, 6) is 1.20. The van der Waals surface area contributed by atoms with E-state index in [1.54, 1.807) is 0 Å². The van der Waals surface area contributed by atoms with Crippen LogP contribution in [-0.4, -0.2) is 57.2 Å². The van der Waals surface area contributed by atoms with Crippen LogP contribution in [0.25, 0.3) is 0 Å². The molecule has 154 valence electrons. The van der Waals surface area contributed by atoms with Gasteiger partial charge >= 0.3 is 0 Å². The summed E-state index contributed by atoms with van der Waals surface area (Å²) < 4.78 is 31.0. The number of likely N-dealkylation sites (N-methyl/N-ethyl adjacent to an activating group) is 1. The standard InChI is InChI=1S/C20H32N2O3S.ClH/c1-4-22(20(26(3,23)24)18-7-10-21-11-8-18)15(2)13-16-5-6-17-9-12-25-19(17)14-16;/h5-6,14-15,18,20-21H,4,7-13H2,1-3H3;1H. The Labute approximate surface area is 170 Å². The van der Waals surface area contributed by atoms with Gasteiger partial charge in [0.1, 0.15) is 11.1 Å². The lowest BCUT2D eigenvalue weighted by Crippen LogP contribution is -2.52. The Kier molecular flexibility index (Phi) is 7.98. The van der Waals surface area contributed by atoms with E-state index in [2.05, 4.69) is 42.3 Å². The van der Waals surface area contributed by atoms with E-state index in [0.717, 1.165) is 57.7 Å². The van der Waals surface area contributed by atoms with Gasteiger partial charge in [-0.05, 0) is 68.9 Å². The molecule has 0 saturated carbocycles. The highest BCUT2D eigenvalue weighted by Gasteiger charge is 2.37. The number of hydrogen-bond donors (Lipinski definition) is 1. The molecule has 2 aliphatic heterocycles. The molecule has 1 fully saturated rings. The summed E-state index contributed by atoms with van der Waals surface area (Å²) in [5, 5.41) is 2.95. The van der Waals surface area contributed by atoms with Gasteiger partial charge in [0.25, 0.3) is 0 Å². The van der Waals surface area contributed by atoms with Crippen molar-refractivity contribution >= 4 is 22.2 Å². The number of piperidine rings is 1. The fourth-order valence-corrected chi connectivity index (χ4v) is 6.35. The molecule has 3 rings (SSSR count). The van der Waals surface area contributed by atoms with Gasteiger partial charge in [-0.2, -0.15) is 0 Å². The number of fused-ring (bicyclic) bond motifs is 1. The van der Waals surface area contributed by atoms with Crippen LogP contribution in [0.4, 0.5) is 0 Å². The van der Waals surface area contributed by atoms with Gasteiger partial charge in [-0.15, -0.1) is 12.4 Å². The second-order valence-corrected chi connectivity index (χ2v) is 9.87. The number of sulfone groups is 1. The maximum absolute atomic E-state index is 12.7. The van der Waals surface area contributed by atoms with E-state index in [9.17, 15) is 8.42 Å². The third kappa shape index (κ3) is 5.37. The van der Waals surface area contributed by atoms with Gasteiger partial charge < -0.3 is 10.1 Å². The molecule has 1 N–H and O–H groups in total. The number of ether oxygens (including phenoxy) is 1. The molecule has 0 spiro atoms. The van der Waals surface area contributed by atoms with Crippen LogP contribution >= 0.6 is 12.4 Å². The van der Waals surface area contributed by atoms with Crippen molar-refractivity contribution in [1.82, 2.24) is 10.2 Å². The van der Waals surface area contributed by atoms with Gasteiger partial charge in [-0.1, -0.05) is 19.1 Å². The number of nitrogens with one attached hydrogen (secondary N) is 1. The summed E-state index contributed by atoms with van der Waals surface area (Å²) in [5.41, 5.74) is 2.49. The number of benzene rings is 1. The van der Waals surface area contributed by atoms with Crippen molar-refractivity contribution in [3.8, 4) is 5.75 Å². The highest BCUT2D eigenvalue weighted by atomic mass is 35.5. The molecule has 0 aliphatic carbocycles. The molecule has 2 heterocycles. The van der Waals surface area contributed by atoms with Crippen LogP contribution in [0.3, 0.4) is 0 Å². The van der Waals surface area contributed by atoms with E-state index in [0.29, 0.717) is 0 Å². The van der Waals surface area contributed by atoms with Crippen LogP contribution in [0.2, 0.25) is 0 Å². The fourth-order valence-electron chi connectivity index (χ4n) is 4.53. The predicted molar refractivity (Wildman–Crippen MR) is 113 cm³/mol. The van der Waals surface area contributed by atoms with Crippen molar-refractivity contribution in [2.75, 3.05) is 32.5 Å². The van der Waals surface area contributed by atoms with E-state index in [1.165, 1.54) is 17.4 Å². The average molecular weight is 417 g/mol. The largest absolute Gasteiger partial charge is 0.493 e. The van der Waals surface area contributed by atoms with Crippen molar-refractivity contribution in [2.24, 2.45) is 5.92 Å². The lowest BCUT2D eigenvalue weighted by atomic mass is 9.95. The Hall–Kier alpha value is -0.820. The summed E-state index contributed by atoms with van der Waals surface area (Å²) in [6.45, 7) is 7.54. The first-order valence-corrected chi connectivity index (χ1v) is 11.8. The first-order chi connectivity index (χ1) is 12.4. The molecule has 0 amide bonds. The Balaban J connectivity index is 0.00000261. The smallest absolute Gasteiger partial charge is 0.163 e. The minimum Gasteiger partial charge on any atom is -0.493 e. The minimum atomic E-state index is -3.15. The summed E-state index contributed by atoms with van der Waals surface area (Å²) in [7, 11) is -3.15. The first-order valence-electron chi connectivity index (χ1n) is 9.80. The number of hydrogen-bond acceptors (Lipinski definition) is 5. The van der Waals surface area contributed by atoms with Crippen LogP contribution in [-0.2, 0) is 22.7 Å². The highest BCUT2D eigenvalue weighted by Crippen LogP contribution is 2.30. The Morgan fingerprint density at radius 2 is 2.00 bits per heavy atom. The molecular weight excluding hydrogens is 384 g/mol. The number of rotatable bonds is 7. The van der Waals surface area contributed by atoms with Crippen LogP contribution in [0.15, 0.2) is 18.2 Å². The molecule has 0 radical (unpaired) electrons. The van der Waals surface area contributed by atoms with Gasteiger partial charge in [0, 0.05) is 18.7 Å². The molecule has 0 aromatic heterocycles. The van der Waals surface area contributed by atoms with Crippen LogP contribution in [0.1, 0.15) is 37.8 Å². The first kappa shape index (κ1) is 22.5. The molecule has 1 aromatic carbocycles. The van der Waals surface area contributed by atoms with Crippen LogP contribution in [0.5, 0.6) is 5.75 Å². The summed E-state index contributed by atoms with van der Waals surface area (Å²) in [6, 6.07) is 6.61. The fraction of sp³-hybridized carbons (Fsp3) is 0.700. The molecule has 1 aromatic rings. The molecular formula is C20H33ClN2O3S. The number of nitrogens with zero attached hydrogens (tertiary/aromatic N) is 1.